The van der Waals surface area contributed by atoms with E-state index in [1.807, 2.05) is 0 Å². The minimum absolute atomic E-state index is 0.0649. The minimum Gasteiger partial charge on any atom is -0.508 e. The van der Waals surface area contributed by atoms with E-state index in [1.54, 1.807) is 20.8 Å². The minimum atomic E-state index is -0.994. The van der Waals surface area contributed by atoms with E-state index in [9.17, 15) is 35.4 Å². The number of carbonyl (C=O) groups excluding carboxylic acids is 1. The molecule has 184 valence electrons. The number of ketones is 1. The second-order valence-corrected chi connectivity index (χ2v) is 9.00. The van der Waals surface area contributed by atoms with Crippen molar-refractivity contribution < 1.29 is 40.2 Å². The lowest BCUT2D eigenvalue weighted by Gasteiger charge is -2.24. The summed E-state index contributed by atoms with van der Waals surface area (Å²) >= 11 is 0. The Morgan fingerprint density at radius 3 is 2.32 bits per heavy atom. The molecule has 0 bridgehead atoms. The number of methoxy groups -OCH3 is 1. The first-order chi connectivity index (χ1) is 15.7. The zero-order valence-electron chi connectivity index (χ0n) is 19.8. The molecule has 0 aliphatic rings. The molecule has 2 aromatic carbocycles. The summed E-state index contributed by atoms with van der Waals surface area (Å²) in [6.07, 6.45) is 2.10. The number of benzene rings is 2. The number of aliphatic hydroxyl groups is 2. The van der Waals surface area contributed by atoms with Crippen molar-refractivity contribution >= 4 is 11.9 Å². The van der Waals surface area contributed by atoms with Gasteiger partial charge in [-0.3, -0.25) is 4.79 Å². The van der Waals surface area contributed by atoms with Crippen molar-refractivity contribution in [3.05, 3.63) is 58.9 Å². The van der Waals surface area contributed by atoms with Crippen molar-refractivity contribution in [3.63, 3.8) is 0 Å². The van der Waals surface area contributed by atoms with Crippen LogP contribution in [-0.2, 0) is 6.42 Å². The van der Waals surface area contributed by atoms with Crippen molar-refractivity contribution in [3.8, 4) is 28.7 Å². The maximum Gasteiger partial charge on any atom is 0.234 e. The fourth-order valence-corrected chi connectivity index (χ4v) is 3.55. The SMILES string of the molecule is C=C(C)[C@@H](CCC(C)(C)O)Cc1c(O)cc(OC)c(C(=O)C(O)=Cc2ccc(O)cc2O)c1O. The van der Waals surface area contributed by atoms with Gasteiger partial charge in [-0.1, -0.05) is 12.2 Å². The van der Waals surface area contributed by atoms with Gasteiger partial charge in [-0.05, 0) is 64.2 Å². The fraction of sp³-hybridized carbons (Fsp3) is 0.346. The molecule has 1 atom stereocenters. The van der Waals surface area contributed by atoms with Crippen molar-refractivity contribution in [2.45, 2.75) is 45.6 Å². The Kier molecular flexibility index (Phi) is 8.23. The molecule has 0 aliphatic heterocycles. The Balaban J connectivity index is 2.50. The molecule has 2 aromatic rings. The van der Waals surface area contributed by atoms with Gasteiger partial charge in [0.2, 0.25) is 5.78 Å². The van der Waals surface area contributed by atoms with Gasteiger partial charge in [-0.25, -0.2) is 0 Å². The largest absolute Gasteiger partial charge is 0.508 e. The molecule has 6 N–H and O–H groups in total. The van der Waals surface area contributed by atoms with E-state index in [0.717, 1.165) is 17.7 Å². The molecule has 0 aliphatic carbocycles. The van der Waals surface area contributed by atoms with Crippen LogP contribution in [0.4, 0.5) is 0 Å². The number of hydrogen-bond donors (Lipinski definition) is 6. The van der Waals surface area contributed by atoms with E-state index in [1.165, 1.54) is 25.3 Å². The summed E-state index contributed by atoms with van der Waals surface area (Å²) in [5.74, 6) is -3.56. The average Bonchev–Trinajstić information content (AvgIpc) is 2.73. The monoisotopic (exact) mass is 472 g/mol. The zero-order chi connectivity index (χ0) is 25.8. The second-order valence-electron chi connectivity index (χ2n) is 9.00. The summed E-state index contributed by atoms with van der Waals surface area (Å²) in [5.41, 5.74) is -0.347. The van der Waals surface area contributed by atoms with Gasteiger partial charge in [-0.2, -0.15) is 0 Å². The first-order valence-corrected chi connectivity index (χ1v) is 10.7. The molecule has 2 rings (SSSR count). The predicted molar refractivity (Wildman–Crippen MR) is 129 cm³/mol. The summed E-state index contributed by atoms with van der Waals surface area (Å²) in [6, 6.07) is 4.80. The van der Waals surface area contributed by atoms with Crippen LogP contribution in [-0.4, -0.2) is 49.1 Å². The molecule has 0 fully saturated rings. The summed E-state index contributed by atoms with van der Waals surface area (Å²) in [6.45, 7) is 9.13. The third kappa shape index (κ3) is 6.45. The van der Waals surface area contributed by atoms with Crippen molar-refractivity contribution in [2.24, 2.45) is 5.92 Å². The number of phenolic OH excluding ortho intramolecular Hbond substituents is 4. The number of rotatable bonds is 10. The molecule has 0 aromatic heterocycles. The molecule has 0 amide bonds. The first-order valence-electron chi connectivity index (χ1n) is 10.7. The van der Waals surface area contributed by atoms with E-state index in [0.29, 0.717) is 12.8 Å². The van der Waals surface area contributed by atoms with Gasteiger partial charge in [-0.15, -0.1) is 0 Å². The van der Waals surface area contributed by atoms with Gasteiger partial charge in [0.25, 0.3) is 0 Å². The smallest absolute Gasteiger partial charge is 0.234 e. The quantitative estimate of drug-likeness (QED) is 0.127. The van der Waals surface area contributed by atoms with Gasteiger partial charge in [0, 0.05) is 23.3 Å². The second kappa shape index (κ2) is 10.5. The Bertz CT molecular complexity index is 1110. The number of phenols is 4. The number of aromatic hydroxyl groups is 4. The van der Waals surface area contributed by atoms with Gasteiger partial charge in [0.05, 0.1) is 12.7 Å². The summed E-state index contributed by atoms with van der Waals surface area (Å²) in [5, 5.41) is 61.3. The normalized spacial score (nSPS) is 12.9. The molecule has 0 spiro atoms. The number of carbonyl (C=O) groups is 1. The Labute approximate surface area is 198 Å². The van der Waals surface area contributed by atoms with E-state index in [-0.39, 0.29) is 52.0 Å². The third-order valence-electron chi connectivity index (χ3n) is 5.58. The van der Waals surface area contributed by atoms with Crippen LogP contribution in [0.1, 0.15) is 55.1 Å². The molecule has 0 unspecified atom stereocenters. The van der Waals surface area contributed by atoms with Crippen molar-refractivity contribution in [2.75, 3.05) is 7.11 Å². The highest BCUT2D eigenvalue weighted by Gasteiger charge is 2.28. The predicted octanol–water partition coefficient (Wildman–Crippen LogP) is 4.59. The molecular weight excluding hydrogens is 440 g/mol. The Morgan fingerprint density at radius 1 is 1.15 bits per heavy atom. The van der Waals surface area contributed by atoms with Crippen molar-refractivity contribution in [1.29, 1.82) is 0 Å². The average molecular weight is 473 g/mol. The van der Waals surface area contributed by atoms with E-state index in [4.69, 9.17) is 4.74 Å². The number of ether oxygens (including phenoxy) is 1. The van der Waals surface area contributed by atoms with Crippen LogP contribution >= 0.6 is 0 Å². The molecule has 8 heteroatoms. The first kappa shape index (κ1) is 26.6. The number of aliphatic hydroxyl groups excluding tert-OH is 1. The van der Waals surface area contributed by atoms with Gasteiger partial charge in [0.1, 0.15) is 34.3 Å². The van der Waals surface area contributed by atoms with Crippen LogP contribution in [0.5, 0.6) is 28.7 Å². The lowest BCUT2D eigenvalue weighted by Crippen LogP contribution is -2.21. The lowest BCUT2D eigenvalue weighted by atomic mass is 9.85. The number of hydrogen-bond acceptors (Lipinski definition) is 8. The molecule has 8 nitrogen and oxygen atoms in total. The Morgan fingerprint density at radius 2 is 1.79 bits per heavy atom. The number of allylic oxidation sites excluding steroid dienone is 2. The van der Waals surface area contributed by atoms with E-state index in [2.05, 4.69) is 6.58 Å². The molecule has 34 heavy (non-hydrogen) atoms. The fourth-order valence-electron chi connectivity index (χ4n) is 3.55. The Hall–Kier alpha value is -3.65. The maximum absolute atomic E-state index is 13.0. The van der Waals surface area contributed by atoms with Gasteiger partial charge < -0.3 is 35.4 Å². The topological polar surface area (TPSA) is 148 Å². The zero-order valence-corrected chi connectivity index (χ0v) is 19.8. The van der Waals surface area contributed by atoms with Crippen LogP contribution in [0.2, 0.25) is 0 Å². The lowest BCUT2D eigenvalue weighted by molar-refractivity contribution is 0.0650. The summed E-state index contributed by atoms with van der Waals surface area (Å²) < 4.78 is 5.16. The van der Waals surface area contributed by atoms with Crippen molar-refractivity contribution in [1.82, 2.24) is 0 Å². The maximum atomic E-state index is 13.0. The molecule has 0 saturated carbocycles. The van der Waals surface area contributed by atoms with Crippen LogP contribution in [0.15, 0.2) is 42.2 Å². The van der Waals surface area contributed by atoms with Gasteiger partial charge in [0.15, 0.2) is 5.76 Å². The van der Waals surface area contributed by atoms with Crippen LogP contribution < -0.4 is 4.74 Å². The standard InChI is InChI=1S/C26H32O8/c1-14(2)15(8-9-26(3,4)33)10-18-20(29)13-22(34-5)23(24(18)31)25(32)21(30)11-16-6-7-17(27)12-19(16)28/h6-7,11-13,15,27-31,33H,1,8-10H2,2-5H3/t15-/m0/s1. The highest BCUT2D eigenvalue weighted by atomic mass is 16.5. The molecular formula is C26H32O8. The van der Waals surface area contributed by atoms with E-state index < -0.39 is 22.9 Å². The number of Topliss-reactive ketones (excluding diaryl/α,β-unsaturated/α-hetero) is 1. The molecule has 0 saturated heterocycles. The van der Waals surface area contributed by atoms with Crippen LogP contribution in [0.3, 0.4) is 0 Å². The van der Waals surface area contributed by atoms with Crippen LogP contribution in [0, 0.1) is 5.92 Å². The summed E-state index contributed by atoms with van der Waals surface area (Å²) in [4.78, 5) is 13.0. The van der Waals surface area contributed by atoms with Gasteiger partial charge >= 0.3 is 0 Å². The molecule has 0 heterocycles. The highest BCUT2D eigenvalue weighted by Crippen LogP contribution is 2.42. The highest BCUT2D eigenvalue weighted by molar-refractivity contribution is 6.13. The summed E-state index contributed by atoms with van der Waals surface area (Å²) in [7, 11) is 1.25. The third-order valence-corrected chi connectivity index (χ3v) is 5.58. The van der Waals surface area contributed by atoms with Crippen LogP contribution in [0.25, 0.3) is 6.08 Å². The van der Waals surface area contributed by atoms with E-state index >= 15 is 0 Å². The molecule has 0 radical (unpaired) electrons.